The van der Waals surface area contributed by atoms with Crippen LogP contribution in [0.3, 0.4) is 0 Å². The minimum absolute atomic E-state index is 0.123. The van der Waals surface area contributed by atoms with E-state index in [1.807, 2.05) is 0 Å². The minimum Gasteiger partial charge on any atom is -0.317 e. The van der Waals surface area contributed by atoms with Gasteiger partial charge in [0.15, 0.2) is 0 Å². The summed E-state index contributed by atoms with van der Waals surface area (Å²) in [6.45, 7) is 5.50. The molecule has 102 valence electrons. The summed E-state index contributed by atoms with van der Waals surface area (Å²) in [4.78, 5) is 25.2. The van der Waals surface area contributed by atoms with Gasteiger partial charge in [0.25, 0.3) is 0 Å². The largest absolute Gasteiger partial charge is 0.346 e. The van der Waals surface area contributed by atoms with E-state index < -0.39 is 16.1 Å². The van der Waals surface area contributed by atoms with Gasteiger partial charge in [-0.25, -0.2) is 9.52 Å². The third-order valence-corrected chi connectivity index (χ3v) is 3.34. The molecule has 0 aromatic rings. The molecule has 0 bridgehead atoms. The van der Waals surface area contributed by atoms with Crippen LogP contribution in [-0.2, 0) is 15.0 Å². The first-order valence-electron chi connectivity index (χ1n) is 5.49. The molecule has 1 rings (SSSR count). The molecule has 0 unspecified atom stereocenters. The Kier molecular flexibility index (Phi) is 4.28. The van der Waals surface area contributed by atoms with Gasteiger partial charge in [-0.1, -0.05) is 0 Å². The van der Waals surface area contributed by atoms with Crippen molar-refractivity contribution < 1.29 is 18.0 Å². The Bertz CT molecular complexity index is 485. The van der Waals surface area contributed by atoms with Crippen molar-refractivity contribution in [2.24, 2.45) is 4.40 Å². The molecule has 1 saturated heterocycles. The summed E-state index contributed by atoms with van der Waals surface area (Å²) >= 11 is 0. The average Bonchev–Trinajstić information content (AvgIpc) is 2.51. The van der Waals surface area contributed by atoms with Gasteiger partial charge in [0.05, 0.1) is 6.54 Å². The molecule has 0 radical (unpaired) electrons. The van der Waals surface area contributed by atoms with Crippen molar-refractivity contribution in [3.63, 3.8) is 0 Å². The van der Waals surface area contributed by atoms with Crippen molar-refractivity contribution >= 4 is 28.0 Å². The van der Waals surface area contributed by atoms with Crippen LogP contribution < -0.4 is 4.72 Å². The van der Waals surface area contributed by atoms with E-state index in [1.165, 1.54) is 9.80 Å². The Morgan fingerprint density at radius 1 is 1.39 bits per heavy atom. The fraction of sp³-hybridized carbons (Fsp3) is 0.667. The number of nitrogens with one attached hydrogen (secondary N) is 1. The Morgan fingerprint density at radius 3 is 2.44 bits per heavy atom. The first kappa shape index (κ1) is 14.4. The van der Waals surface area contributed by atoms with Crippen LogP contribution in [0.15, 0.2) is 4.40 Å². The molecule has 18 heavy (non-hydrogen) atoms. The molecule has 1 aliphatic heterocycles. The van der Waals surface area contributed by atoms with E-state index in [9.17, 15) is 18.0 Å². The molecule has 0 saturated carbocycles. The summed E-state index contributed by atoms with van der Waals surface area (Å²) in [6.07, 6.45) is 0. The van der Waals surface area contributed by atoms with Gasteiger partial charge in [0.1, 0.15) is 5.84 Å². The van der Waals surface area contributed by atoms with E-state index >= 15 is 0 Å². The van der Waals surface area contributed by atoms with Crippen molar-refractivity contribution in [2.75, 3.05) is 19.6 Å². The molecule has 3 amide bonds. The molecule has 1 aliphatic rings. The number of hydrogen-bond acceptors (Lipinski definition) is 4. The third kappa shape index (κ3) is 3.19. The number of nitrogens with zero attached hydrogens (tertiary/aromatic N) is 3. The fourth-order valence-corrected chi connectivity index (χ4v) is 2.43. The van der Waals surface area contributed by atoms with Crippen LogP contribution >= 0.6 is 0 Å². The second-order valence-electron chi connectivity index (χ2n) is 3.68. The number of amidine groups is 1. The van der Waals surface area contributed by atoms with Crippen molar-refractivity contribution in [3.8, 4) is 0 Å². The van der Waals surface area contributed by atoms with Crippen LogP contribution in [0.1, 0.15) is 20.8 Å². The summed E-state index contributed by atoms with van der Waals surface area (Å²) < 4.78 is 28.2. The lowest BCUT2D eigenvalue weighted by Crippen LogP contribution is -2.34. The lowest BCUT2D eigenvalue weighted by molar-refractivity contribution is -0.117. The van der Waals surface area contributed by atoms with Crippen molar-refractivity contribution in [1.82, 2.24) is 14.5 Å². The summed E-state index contributed by atoms with van der Waals surface area (Å²) in [5.41, 5.74) is 0. The lowest BCUT2D eigenvalue weighted by atomic mass is 10.5. The Hall–Kier alpha value is -1.64. The first-order valence-corrected chi connectivity index (χ1v) is 6.93. The van der Waals surface area contributed by atoms with Crippen molar-refractivity contribution in [3.05, 3.63) is 0 Å². The van der Waals surface area contributed by atoms with Crippen molar-refractivity contribution in [1.29, 1.82) is 0 Å². The van der Waals surface area contributed by atoms with Crippen LogP contribution in [0.4, 0.5) is 4.79 Å². The zero-order chi connectivity index (χ0) is 13.9. The number of rotatable bonds is 4. The zero-order valence-electron chi connectivity index (χ0n) is 10.5. The highest BCUT2D eigenvalue weighted by Crippen LogP contribution is 2.11. The minimum atomic E-state index is -4.09. The predicted octanol–water partition coefficient (Wildman–Crippen LogP) is -0.457. The molecule has 1 heterocycles. The Labute approximate surface area is 106 Å². The molecule has 0 spiro atoms. The molecule has 1 N–H and O–H groups in total. The van der Waals surface area contributed by atoms with Gasteiger partial charge in [0, 0.05) is 20.0 Å². The summed E-state index contributed by atoms with van der Waals surface area (Å²) in [6, 6.07) is -0.281. The van der Waals surface area contributed by atoms with Gasteiger partial charge >= 0.3 is 16.2 Å². The first-order chi connectivity index (χ1) is 8.30. The second kappa shape index (κ2) is 5.34. The Balaban J connectivity index is 3.01. The zero-order valence-corrected chi connectivity index (χ0v) is 11.3. The van der Waals surface area contributed by atoms with Gasteiger partial charge in [-0.2, -0.15) is 8.42 Å². The average molecular weight is 276 g/mol. The third-order valence-electron chi connectivity index (χ3n) is 2.34. The van der Waals surface area contributed by atoms with Gasteiger partial charge in [-0.15, -0.1) is 4.40 Å². The second-order valence-corrected chi connectivity index (χ2v) is 5.02. The van der Waals surface area contributed by atoms with Crippen LogP contribution in [0.2, 0.25) is 0 Å². The molecular formula is C9H16N4O4S. The van der Waals surface area contributed by atoms with E-state index in [0.29, 0.717) is 13.1 Å². The van der Waals surface area contributed by atoms with Gasteiger partial charge in [-0.05, 0) is 13.8 Å². The highest BCUT2D eigenvalue weighted by Gasteiger charge is 2.33. The maximum atomic E-state index is 11.8. The van der Waals surface area contributed by atoms with Gasteiger partial charge in [0.2, 0.25) is 5.91 Å². The fourth-order valence-electron chi connectivity index (χ4n) is 1.59. The standard InChI is InChI=1S/C9H16N4O4S/c1-4-12-6-8(13(5-2)9(12)15)11-18(16,17)10-7(3)14/h4-6H2,1-3H3,(H,10,14). The normalized spacial score (nSPS) is 18.6. The maximum absolute atomic E-state index is 11.8. The van der Waals surface area contributed by atoms with E-state index in [-0.39, 0.29) is 18.4 Å². The number of likely N-dealkylation sites (N-methyl/N-ethyl adjacent to an activating group) is 2. The van der Waals surface area contributed by atoms with Crippen LogP contribution in [0.5, 0.6) is 0 Å². The quantitative estimate of drug-likeness (QED) is 0.751. The van der Waals surface area contributed by atoms with Crippen LogP contribution in [-0.4, -0.2) is 55.6 Å². The summed E-state index contributed by atoms with van der Waals surface area (Å²) in [5, 5.41) is 0. The number of carbonyl (C=O) groups is 2. The van der Waals surface area contributed by atoms with Crippen molar-refractivity contribution in [2.45, 2.75) is 20.8 Å². The lowest BCUT2D eigenvalue weighted by Gasteiger charge is -2.14. The van der Waals surface area contributed by atoms with Gasteiger partial charge < -0.3 is 4.90 Å². The molecule has 0 aromatic carbocycles. The molecule has 0 aromatic heterocycles. The molecular weight excluding hydrogens is 260 g/mol. The number of urea groups is 1. The van der Waals surface area contributed by atoms with E-state index in [2.05, 4.69) is 4.40 Å². The SMILES string of the molecule is CCN1CC(=NS(=O)(=O)NC(C)=O)N(CC)C1=O. The van der Waals surface area contributed by atoms with Gasteiger partial charge in [-0.3, -0.25) is 9.69 Å². The monoisotopic (exact) mass is 276 g/mol. The van der Waals surface area contributed by atoms with E-state index in [1.54, 1.807) is 18.6 Å². The molecule has 0 aliphatic carbocycles. The van der Waals surface area contributed by atoms with E-state index in [4.69, 9.17) is 0 Å². The summed E-state index contributed by atoms with van der Waals surface area (Å²) in [5.74, 6) is -0.600. The molecule has 0 atom stereocenters. The highest BCUT2D eigenvalue weighted by molar-refractivity contribution is 7.88. The topological polar surface area (TPSA) is 99.2 Å². The highest BCUT2D eigenvalue weighted by atomic mass is 32.2. The predicted molar refractivity (Wildman–Crippen MR) is 65.2 cm³/mol. The van der Waals surface area contributed by atoms with Crippen LogP contribution in [0.25, 0.3) is 0 Å². The number of hydrogen-bond donors (Lipinski definition) is 1. The molecule has 8 nitrogen and oxygen atoms in total. The Morgan fingerprint density at radius 2 is 2.00 bits per heavy atom. The smallest absolute Gasteiger partial charge is 0.317 e. The van der Waals surface area contributed by atoms with E-state index in [0.717, 1.165) is 6.92 Å². The number of carbonyl (C=O) groups excluding carboxylic acids is 2. The molecule has 1 fully saturated rings. The maximum Gasteiger partial charge on any atom is 0.346 e. The van der Waals surface area contributed by atoms with Crippen LogP contribution in [0, 0.1) is 0 Å². The number of amides is 3. The summed E-state index contributed by atoms with van der Waals surface area (Å²) in [7, 11) is -4.09. The molecule has 9 heteroatoms.